The van der Waals surface area contributed by atoms with Gasteiger partial charge in [0.15, 0.2) is 5.84 Å². The molecule has 0 rings (SSSR count). The van der Waals surface area contributed by atoms with Crippen LogP contribution in [0.25, 0.3) is 0 Å². The molecule has 0 saturated heterocycles. The van der Waals surface area contributed by atoms with E-state index in [9.17, 15) is 4.79 Å². The molecule has 0 aromatic heterocycles. The molecular formula is C12H25N3O2. The number of amides is 1. The monoisotopic (exact) mass is 243 g/mol. The minimum Gasteiger partial charge on any atom is -0.409 e. The number of carbonyl (C=O) groups excluding carboxylic acids is 1. The Bertz CT molecular complexity index is 277. The van der Waals surface area contributed by atoms with Crippen molar-refractivity contribution in [3.63, 3.8) is 0 Å². The minimum atomic E-state index is -0.547. The molecule has 0 aliphatic rings. The first-order valence-corrected chi connectivity index (χ1v) is 6.18. The van der Waals surface area contributed by atoms with Crippen LogP contribution in [0.1, 0.15) is 41.0 Å². The van der Waals surface area contributed by atoms with Gasteiger partial charge in [0, 0.05) is 12.6 Å². The van der Waals surface area contributed by atoms with E-state index < -0.39 is 5.92 Å². The number of hydrogen-bond donors (Lipinski definition) is 2. The van der Waals surface area contributed by atoms with Crippen LogP contribution >= 0.6 is 0 Å². The Morgan fingerprint density at radius 2 is 1.88 bits per heavy atom. The minimum absolute atomic E-state index is 0.00764. The Balaban J connectivity index is 5.06. The zero-order valence-corrected chi connectivity index (χ0v) is 11.5. The smallest absolute Gasteiger partial charge is 0.233 e. The molecule has 0 spiro atoms. The maximum Gasteiger partial charge on any atom is 0.233 e. The highest BCUT2D eigenvalue weighted by Gasteiger charge is 2.31. The SMILES string of the molecule is CCC(C)N(CC)C(=O)C(C(N)=NO)C(C)C. The van der Waals surface area contributed by atoms with Gasteiger partial charge in [0.1, 0.15) is 5.92 Å². The summed E-state index contributed by atoms with van der Waals surface area (Å²) in [5.41, 5.74) is 5.61. The predicted octanol–water partition coefficient (Wildman–Crippen LogP) is 1.65. The van der Waals surface area contributed by atoms with Crippen molar-refractivity contribution in [3.8, 4) is 0 Å². The summed E-state index contributed by atoms with van der Waals surface area (Å²) in [6, 6.07) is 0.167. The zero-order chi connectivity index (χ0) is 13.6. The maximum atomic E-state index is 12.4. The third kappa shape index (κ3) is 3.91. The first-order valence-electron chi connectivity index (χ1n) is 6.18. The number of oxime groups is 1. The molecule has 0 bridgehead atoms. The lowest BCUT2D eigenvalue weighted by molar-refractivity contribution is -0.136. The van der Waals surface area contributed by atoms with Gasteiger partial charge in [-0.05, 0) is 26.2 Å². The van der Waals surface area contributed by atoms with Gasteiger partial charge < -0.3 is 15.8 Å². The van der Waals surface area contributed by atoms with E-state index in [0.717, 1.165) is 6.42 Å². The van der Waals surface area contributed by atoms with Gasteiger partial charge in [-0.1, -0.05) is 25.9 Å². The van der Waals surface area contributed by atoms with Crippen LogP contribution in [0.5, 0.6) is 0 Å². The van der Waals surface area contributed by atoms with Crippen LogP contribution in [0.4, 0.5) is 0 Å². The molecule has 0 aliphatic carbocycles. The summed E-state index contributed by atoms with van der Waals surface area (Å²) in [5.74, 6) is -0.607. The van der Waals surface area contributed by atoms with Crippen LogP contribution in [0, 0.1) is 11.8 Å². The van der Waals surface area contributed by atoms with Gasteiger partial charge in [0.05, 0.1) is 0 Å². The number of amidine groups is 1. The van der Waals surface area contributed by atoms with E-state index in [1.54, 1.807) is 4.90 Å². The molecule has 3 N–H and O–H groups in total. The second-order valence-electron chi connectivity index (χ2n) is 4.63. The number of nitrogens with two attached hydrogens (primary N) is 1. The van der Waals surface area contributed by atoms with E-state index in [1.165, 1.54) is 0 Å². The van der Waals surface area contributed by atoms with Gasteiger partial charge >= 0.3 is 0 Å². The fourth-order valence-corrected chi connectivity index (χ4v) is 1.90. The van der Waals surface area contributed by atoms with Gasteiger partial charge in [-0.2, -0.15) is 0 Å². The number of carbonyl (C=O) groups is 1. The molecule has 17 heavy (non-hydrogen) atoms. The van der Waals surface area contributed by atoms with E-state index in [4.69, 9.17) is 10.9 Å². The quantitative estimate of drug-likeness (QED) is 0.322. The summed E-state index contributed by atoms with van der Waals surface area (Å²) in [4.78, 5) is 14.2. The highest BCUT2D eigenvalue weighted by atomic mass is 16.4. The average molecular weight is 243 g/mol. The van der Waals surface area contributed by atoms with E-state index >= 15 is 0 Å². The normalized spacial score (nSPS) is 15.8. The highest BCUT2D eigenvalue weighted by Crippen LogP contribution is 2.17. The Kier molecular flexibility index (Phi) is 6.61. The van der Waals surface area contributed by atoms with E-state index in [2.05, 4.69) is 5.16 Å². The average Bonchev–Trinajstić information content (AvgIpc) is 2.29. The lowest BCUT2D eigenvalue weighted by atomic mass is 9.92. The molecule has 0 heterocycles. The fourth-order valence-electron chi connectivity index (χ4n) is 1.90. The van der Waals surface area contributed by atoms with Crippen molar-refractivity contribution in [2.75, 3.05) is 6.54 Å². The Morgan fingerprint density at radius 3 is 2.18 bits per heavy atom. The molecule has 0 fully saturated rings. The van der Waals surface area contributed by atoms with Crippen LogP contribution in [0.15, 0.2) is 5.16 Å². The van der Waals surface area contributed by atoms with Crippen molar-refractivity contribution in [2.45, 2.75) is 47.1 Å². The molecule has 5 nitrogen and oxygen atoms in total. The van der Waals surface area contributed by atoms with Crippen LogP contribution in [-0.2, 0) is 4.79 Å². The van der Waals surface area contributed by atoms with E-state index in [1.807, 2.05) is 34.6 Å². The van der Waals surface area contributed by atoms with Crippen LogP contribution in [-0.4, -0.2) is 34.4 Å². The van der Waals surface area contributed by atoms with Gasteiger partial charge in [0.25, 0.3) is 0 Å². The van der Waals surface area contributed by atoms with Crippen LogP contribution < -0.4 is 5.73 Å². The third-order valence-corrected chi connectivity index (χ3v) is 3.11. The Labute approximate surface area is 104 Å². The number of rotatable bonds is 6. The highest BCUT2D eigenvalue weighted by molar-refractivity contribution is 6.02. The van der Waals surface area contributed by atoms with Gasteiger partial charge in [-0.25, -0.2) is 0 Å². The molecule has 2 unspecified atom stereocenters. The van der Waals surface area contributed by atoms with Gasteiger partial charge in [0.2, 0.25) is 5.91 Å². The second kappa shape index (κ2) is 7.14. The topological polar surface area (TPSA) is 78.9 Å². The molecule has 0 aromatic carbocycles. The van der Waals surface area contributed by atoms with Crippen LogP contribution in [0.2, 0.25) is 0 Å². The first-order chi connectivity index (χ1) is 7.90. The van der Waals surface area contributed by atoms with Gasteiger partial charge in [-0.3, -0.25) is 4.79 Å². The molecule has 0 aliphatic heterocycles. The van der Waals surface area contributed by atoms with Crippen molar-refractivity contribution in [2.24, 2.45) is 22.7 Å². The van der Waals surface area contributed by atoms with Crippen molar-refractivity contribution < 1.29 is 10.0 Å². The summed E-state index contributed by atoms with van der Waals surface area (Å²) >= 11 is 0. The summed E-state index contributed by atoms with van der Waals surface area (Å²) in [5, 5.41) is 11.7. The lowest BCUT2D eigenvalue weighted by Gasteiger charge is -2.32. The van der Waals surface area contributed by atoms with Crippen molar-refractivity contribution in [3.05, 3.63) is 0 Å². The van der Waals surface area contributed by atoms with E-state index in [-0.39, 0.29) is 23.7 Å². The summed E-state index contributed by atoms with van der Waals surface area (Å²) in [6.45, 7) is 10.4. The standard InChI is InChI=1S/C12H25N3O2/c1-6-9(5)15(7-2)12(16)10(8(3)4)11(13)14-17/h8-10,17H,6-7H2,1-5H3,(H2,13,14). The predicted molar refractivity (Wildman–Crippen MR) is 68.9 cm³/mol. The summed E-state index contributed by atoms with van der Waals surface area (Å²) < 4.78 is 0. The lowest BCUT2D eigenvalue weighted by Crippen LogP contribution is -2.47. The Hall–Kier alpha value is -1.26. The third-order valence-electron chi connectivity index (χ3n) is 3.11. The molecule has 1 amide bonds. The van der Waals surface area contributed by atoms with Crippen LogP contribution in [0.3, 0.4) is 0 Å². The molecule has 5 heteroatoms. The van der Waals surface area contributed by atoms with Crippen molar-refractivity contribution in [1.82, 2.24) is 4.90 Å². The van der Waals surface area contributed by atoms with Crippen molar-refractivity contribution in [1.29, 1.82) is 0 Å². The molecule has 0 saturated carbocycles. The molecule has 0 radical (unpaired) electrons. The molecule has 2 atom stereocenters. The first kappa shape index (κ1) is 15.7. The molecular weight excluding hydrogens is 218 g/mol. The maximum absolute atomic E-state index is 12.4. The van der Waals surface area contributed by atoms with E-state index in [0.29, 0.717) is 6.54 Å². The summed E-state index contributed by atoms with van der Waals surface area (Å²) in [6.07, 6.45) is 0.889. The zero-order valence-electron chi connectivity index (χ0n) is 11.5. The second-order valence-corrected chi connectivity index (χ2v) is 4.63. The Morgan fingerprint density at radius 1 is 1.35 bits per heavy atom. The van der Waals surface area contributed by atoms with Gasteiger partial charge in [-0.15, -0.1) is 0 Å². The number of hydrogen-bond acceptors (Lipinski definition) is 3. The largest absolute Gasteiger partial charge is 0.409 e. The molecule has 100 valence electrons. The van der Waals surface area contributed by atoms with Crippen molar-refractivity contribution >= 4 is 11.7 Å². The molecule has 0 aromatic rings. The number of nitrogens with zero attached hydrogens (tertiary/aromatic N) is 2. The fraction of sp³-hybridized carbons (Fsp3) is 0.833. The summed E-state index contributed by atoms with van der Waals surface area (Å²) in [7, 11) is 0.